The number of aromatic nitrogens is 4. The number of benzene rings is 1. The quantitative estimate of drug-likeness (QED) is 0.648. The van der Waals surface area contributed by atoms with Crippen LogP contribution >= 0.6 is 15.9 Å². The number of nitrogens with one attached hydrogen (secondary N) is 1. The average molecular weight is 439 g/mol. The highest BCUT2D eigenvalue weighted by Crippen LogP contribution is 2.49. The van der Waals surface area contributed by atoms with Crippen molar-refractivity contribution in [3.63, 3.8) is 0 Å². The van der Waals surface area contributed by atoms with E-state index in [1.165, 1.54) is 18.1 Å². The van der Waals surface area contributed by atoms with Crippen LogP contribution in [0.5, 0.6) is 5.75 Å². The van der Waals surface area contributed by atoms with Gasteiger partial charge in [0.2, 0.25) is 5.91 Å². The van der Waals surface area contributed by atoms with Gasteiger partial charge in [0, 0.05) is 12.0 Å². The van der Waals surface area contributed by atoms with Crippen molar-refractivity contribution >= 4 is 38.9 Å². The smallest absolute Gasteiger partial charge is 0.260 e. The summed E-state index contributed by atoms with van der Waals surface area (Å²) in [6.07, 6.45) is 0.853. The zero-order valence-corrected chi connectivity index (χ0v) is 15.5. The topological polar surface area (TPSA) is 107 Å². The Morgan fingerprint density at radius 1 is 1.48 bits per heavy atom. The Hall–Kier alpha value is -2.82. The van der Waals surface area contributed by atoms with Crippen molar-refractivity contribution in [2.75, 3.05) is 18.2 Å². The highest BCUT2D eigenvalue weighted by atomic mass is 79.9. The van der Waals surface area contributed by atoms with Crippen LogP contribution in [0, 0.1) is 5.92 Å². The summed E-state index contributed by atoms with van der Waals surface area (Å²) in [4.78, 5) is 15.9. The van der Waals surface area contributed by atoms with E-state index in [2.05, 4.69) is 36.4 Å². The van der Waals surface area contributed by atoms with Crippen LogP contribution in [0.2, 0.25) is 0 Å². The van der Waals surface area contributed by atoms with E-state index in [1.54, 1.807) is 18.2 Å². The number of halogens is 3. The fourth-order valence-corrected chi connectivity index (χ4v) is 3.38. The van der Waals surface area contributed by atoms with E-state index in [-0.39, 0.29) is 5.82 Å². The van der Waals surface area contributed by atoms with Crippen molar-refractivity contribution in [1.29, 1.82) is 0 Å². The van der Waals surface area contributed by atoms with Crippen LogP contribution in [0.1, 0.15) is 6.42 Å². The molecule has 27 heavy (non-hydrogen) atoms. The maximum atomic E-state index is 13.1. The highest BCUT2D eigenvalue weighted by Gasteiger charge is 2.61. The monoisotopic (exact) mass is 438 g/mol. The van der Waals surface area contributed by atoms with Crippen LogP contribution in [0.15, 0.2) is 29.1 Å². The predicted molar refractivity (Wildman–Crippen MR) is 96.6 cm³/mol. The Morgan fingerprint density at radius 2 is 2.22 bits per heavy atom. The Morgan fingerprint density at radius 3 is 2.89 bits per heavy atom. The number of alkyl halides is 2. The molecule has 0 bridgehead atoms. The number of nitrogens with zero attached hydrogens (tertiary/aromatic N) is 4. The second-order valence-corrected chi connectivity index (χ2v) is 6.82. The summed E-state index contributed by atoms with van der Waals surface area (Å²) in [7, 11) is 1.42. The van der Waals surface area contributed by atoms with Crippen LogP contribution in [-0.2, 0) is 4.79 Å². The third kappa shape index (κ3) is 2.97. The summed E-state index contributed by atoms with van der Waals surface area (Å²) in [6.45, 7) is 0. The molecular weight excluding hydrogens is 426 g/mol. The SMILES string of the molecule is COc1cc(-c2c(Br)nn3ncnc(N)c23)ccc1NC(=O)C1CC1(F)F. The van der Waals surface area contributed by atoms with Gasteiger partial charge >= 0.3 is 0 Å². The molecule has 3 aromatic rings. The minimum absolute atomic E-state index is 0.241. The molecule has 2 heterocycles. The maximum absolute atomic E-state index is 13.1. The molecule has 4 rings (SSSR count). The van der Waals surface area contributed by atoms with Crippen molar-refractivity contribution in [2.24, 2.45) is 5.92 Å². The van der Waals surface area contributed by atoms with Gasteiger partial charge in [-0.15, -0.1) is 14.8 Å². The van der Waals surface area contributed by atoms with Crippen molar-refractivity contribution in [2.45, 2.75) is 12.3 Å². The number of hydrogen-bond donors (Lipinski definition) is 2. The summed E-state index contributed by atoms with van der Waals surface area (Å²) in [5, 5.41) is 10.7. The second-order valence-electron chi connectivity index (χ2n) is 6.07. The number of methoxy groups -OCH3 is 1. The fraction of sp³-hybridized carbons (Fsp3) is 0.250. The number of rotatable bonds is 4. The third-order valence-electron chi connectivity index (χ3n) is 4.32. The largest absolute Gasteiger partial charge is 0.495 e. The molecule has 0 aliphatic heterocycles. The van der Waals surface area contributed by atoms with Gasteiger partial charge < -0.3 is 15.8 Å². The summed E-state index contributed by atoms with van der Waals surface area (Å²) in [5.41, 5.74) is 8.05. The molecule has 1 atom stereocenters. The summed E-state index contributed by atoms with van der Waals surface area (Å²) < 4.78 is 33.3. The van der Waals surface area contributed by atoms with Gasteiger partial charge in [0.25, 0.3) is 5.92 Å². The minimum atomic E-state index is -2.93. The fourth-order valence-electron chi connectivity index (χ4n) is 2.82. The van der Waals surface area contributed by atoms with Gasteiger partial charge in [-0.3, -0.25) is 4.79 Å². The van der Waals surface area contributed by atoms with E-state index < -0.39 is 24.2 Å². The van der Waals surface area contributed by atoms with E-state index in [0.717, 1.165) is 0 Å². The van der Waals surface area contributed by atoms with Gasteiger partial charge in [0.1, 0.15) is 28.1 Å². The predicted octanol–water partition coefficient (Wildman–Crippen LogP) is 2.74. The summed E-state index contributed by atoms with van der Waals surface area (Å²) in [5.74, 6) is -4.41. The summed E-state index contributed by atoms with van der Waals surface area (Å²) >= 11 is 3.38. The van der Waals surface area contributed by atoms with Crippen LogP contribution in [0.4, 0.5) is 20.3 Å². The molecule has 1 unspecified atom stereocenters. The van der Waals surface area contributed by atoms with Crippen LogP contribution in [0.3, 0.4) is 0 Å². The van der Waals surface area contributed by atoms with E-state index in [9.17, 15) is 13.6 Å². The minimum Gasteiger partial charge on any atom is -0.495 e. The molecule has 1 amide bonds. The molecule has 1 aromatic carbocycles. The first-order valence-electron chi connectivity index (χ1n) is 7.84. The number of hydrogen-bond acceptors (Lipinski definition) is 6. The van der Waals surface area contributed by atoms with E-state index in [4.69, 9.17) is 10.5 Å². The van der Waals surface area contributed by atoms with Crippen molar-refractivity contribution < 1.29 is 18.3 Å². The number of fused-ring (bicyclic) bond motifs is 1. The Labute approximate surface area is 159 Å². The molecule has 2 aromatic heterocycles. The number of ether oxygens (including phenoxy) is 1. The molecule has 1 aliphatic carbocycles. The first-order valence-corrected chi connectivity index (χ1v) is 8.63. The normalized spacial score (nSPS) is 17.7. The lowest BCUT2D eigenvalue weighted by Crippen LogP contribution is -2.17. The number of anilines is 2. The van der Waals surface area contributed by atoms with Crippen LogP contribution in [0.25, 0.3) is 16.6 Å². The molecule has 3 N–H and O–H groups in total. The summed E-state index contributed by atoms with van der Waals surface area (Å²) in [6, 6.07) is 4.91. The number of carbonyl (C=O) groups is 1. The van der Waals surface area contributed by atoms with E-state index in [0.29, 0.717) is 32.7 Å². The van der Waals surface area contributed by atoms with E-state index >= 15 is 0 Å². The van der Waals surface area contributed by atoms with Gasteiger partial charge in [-0.05, 0) is 33.6 Å². The molecule has 11 heteroatoms. The Kier molecular flexibility index (Phi) is 3.98. The zero-order valence-electron chi connectivity index (χ0n) is 13.9. The molecule has 8 nitrogen and oxygen atoms in total. The molecule has 0 saturated heterocycles. The zero-order chi connectivity index (χ0) is 19.3. The molecule has 0 spiro atoms. The molecule has 1 saturated carbocycles. The Bertz CT molecular complexity index is 1070. The van der Waals surface area contributed by atoms with Gasteiger partial charge in [-0.25, -0.2) is 13.8 Å². The highest BCUT2D eigenvalue weighted by molar-refractivity contribution is 9.10. The van der Waals surface area contributed by atoms with Gasteiger partial charge in [0.15, 0.2) is 5.82 Å². The molecular formula is C16H13BrF2N6O2. The van der Waals surface area contributed by atoms with Gasteiger partial charge in [-0.1, -0.05) is 6.07 Å². The average Bonchev–Trinajstić information content (AvgIpc) is 3.12. The van der Waals surface area contributed by atoms with Crippen molar-refractivity contribution in [3.8, 4) is 16.9 Å². The lowest BCUT2D eigenvalue weighted by atomic mass is 10.1. The molecule has 0 radical (unpaired) electrons. The van der Waals surface area contributed by atoms with Crippen molar-refractivity contribution in [3.05, 3.63) is 29.1 Å². The van der Waals surface area contributed by atoms with E-state index in [1.807, 2.05) is 0 Å². The third-order valence-corrected chi connectivity index (χ3v) is 4.87. The number of carbonyl (C=O) groups excluding carboxylic acids is 1. The van der Waals surface area contributed by atoms with Gasteiger partial charge in [-0.2, -0.15) is 0 Å². The Balaban J connectivity index is 1.72. The molecule has 1 fully saturated rings. The first-order chi connectivity index (χ1) is 12.8. The lowest BCUT2D eigenvalue weighted by Gasteiger charge is -2.12. The van der Waals surface area contributed by atoms with Gasteiger partial charge in [0.05, 0.1) is 12.8 Å². The van der Waals surface area contributed by atoms with Crippen LogP contribution < -0.4 is 15.8 Å². The number of nitrogens with two attached hydrogens (primary N) is 1. The standard InChI is InChI=1S/C16H13BrF2N6O2/c1-27-10-4-7(2-3-9(10)23-15(26)8-5-16(8,18)19)11-12-14(20)21-6-22-25(12)24-13(11)17/h2-4,6,8H,5H2,1H3,(H,23,26)(H2,20,21,22). The lowest BCUT2D eigenvalue weighted by molar-refractivity contribution is -0.119. The molecule has 140 valence electrons. The molecule has 1 aliphatic rings. The number of nitrogen functional groups attached to an aromatic ring is 1. The van der Waals surface area contributed by atoms with Crippen LogP contribution in [-0.4, -0.2) is 38.8 Å². The van der Waals surface area contributed by atoms with Crippen molar-refractivity contribution in [1.82, 2.24) is 19.8 Å². The first kappa shape index (κ1) is 17.6. The second kappa shape index (κ2) is 6.12. The maximum Gasteiger partial charge on any atom is 0.260 e. The number of amides is 1.